The zero-order valence-corrected chi connectivity index (χ0v) is 12.9. The van der Waals surface area contributed by atoms with Gasteiger partial charge in [0.1, 0.15) is 5.75 Å². The van der Waals surface area contributed by atoms with Gasteiger partial charge in [-0.15, -0.1) is 0 Å². The van der Waals surface area contributed by atoms with Gasteiger partial charge in [-0.25, -0.2) is 0 Å². The van der Waals surface area contributed by atoms with Gasteiger partial charge in [-0.3, -0.25) is 9.59 Å². The number of benzene rings is 2. The number of carbonyl (C=O) groups excluding carboxylic acids is 2. The van der Waals surface area contributed by atoms with Crippen LogP contribution >= 0.6 is 0 Å². The van der Waals surface area contributed by atoms with Gasteiger partial charge in [-0.1, -0.05) is 30.3 Å². The molecule has 2 amide bonds. The van der Waals surface area contributed by atoms with E-state index in [9.17, 15) is 9.59 Å². The highest BCUT2D eigenvalue weighted by molar-refractivity contribution is 6.40. The van der Waals surface area contributed by atoms with Gasteiger partial charge in [0.2, 0.25) is 0 Å². The number of carbonyl (C=O) groups is 2. The number of piperazine rings is 1. The summed E-state index contributed by atoms with van der Waals surface area (Å²) in [6, 6.07) is 16.8. The van der Waals surface area contributed by atoms with E-state index in [2.05, 4.69) is 0 Å². The molecule has 1 aliphatic rings. The van der Waals surface area contributed by atoms with E-state index in [0.29, 0.717) is 25.3 Å². The molecule has 2 aromatic rings. The number of amides is 2. The van der Waals surface area contributed by atoms with Crippen LogP contribution in [0.1, 0.15) is 5.56 Å². The SMILES string of the molecule is COc1ccc(N2CCN(Cc3ccccc3)C(=O)C2=O)cc1. The Morgan fingerprint density at radius 3 is 2.26 bits per heavy atom. The van der Waals surface area contributed by atoms with Crippen LogP contribution in [-0.4, -0.2) is 36.9 Å². The zero-order valence-electron chi connectivity index (χ0n) is 12.9. The van der Waals surface area contributed by atoms with Crippen LogP contribution in [-0.2, 0) is 16.1 Å². The first kappa shape index (κ1) is 15.1. The van der Waals surface area contributed by atoms with E-state index in [0.717, 1.165) is 11.3 Å². The maximum absolute atomic E-state index is 12.4. The predicted octanol–water partition coefficient (Wildman–Crippen LogP) is 2.07. The first-order valence-electron chi connectivity index (χ1n) is 7.48. The second kappa shape index (κ2) is 6.52. The minimum absolute atomic E-state index is 0.460. The smallest absolute Gasteiger partial charge is 0.316 e. The predicted molar refractivity (Wildman–Crippen MR) is 87.2 cm³/mol. The van der Waals surface area contributed by atoms with Crippen LogP contribution in [0.4, 0.5) is 5.69 Å². The molecule has 1 heterocycles. The van der Waals surface area contributed by atoms with Crippen molar-refractivity contribution in [3.63, 3.8) is 0 Å². The third-order valence-corrected chi connectivity index (χ3v) is 3.91. The van der Waals surface area contributed by atoms with Gasteiger partial charge in [0.05, 0.1) is 7.11 Å². The lowest BCUT2D eigenvalue weighted by Crippen LogP contribution is -2.54. The highest BCUT2D eigenvalue weighted by atomic mass is 16.5. The molecule has 23 heavy (non-hydrogen) atoms. The molecule has 0 N–H and O–H groups in total. The number of rotatable bonds is 4. The lowest BCUT2D eigenvalue weighted by atomic mass is 10.1. The Morgan fingerprint density at radius 1 is 0.913 bits per heavy atom. The van der Waals surface area contributed by atoms with Gasteiger partial charge in [0.15, 0.2) is 0 Å². The Morgan fingerprint density at radius 2 is 1.61 bits per heavy atom. The van der Waals surface area contributed by atoms with E-state index in [1.165, 1.54) is 4.90 Å². The first-order chi connectivity index (χ1) is 11.2. The number of hydrogen-bond donors (Lipinski definition) is 0. The van der Waals surface area contributed by atoms with E-state index >= 15 is 0 Å². The molecule has 3 rings (SSSR count). The molecule has 1 fully saturated rings. The molecular formula is C18H18N2O3. The van der Waals surface area contributed by atoms with Crippen LogP contribution in [0, 0.1) is 0 Å². The van der Waals surface area contributed by atoms with Crippen molar-refractivity contribution >= 4 is 17.5 Å². The molecule has 5 heteroatoms. The monoisotopic (exact) mass is 310 g/mol. The number of hydrogen-bond acceptors (Lipinski definition) is 3. The van der Waals surface area contributed by atoms with Crippen molar-refractivity contribution in [3.8, 4) is 5.75 Å². The maximum Gasteiger partial charge on any atom is 0.316 e. The highest BCUT2D eigenvalue weighted by Crippen LogP contribution is 2.22. The molecular weight excluding hydrogens is 292 g/mol. The van der Waals surface area contributed by atoms with Crippen LogP contribution in [0.15, 0.2) is 54.6 Å². The molecule has 0 radical (unpaired) electrons. The summed E-state index contributed by atoms with van der Waals surface area (Å²) in [6.07, 6.45) is 0. The molecule has 1 saturated heterocycles. The van der Waals surface area contributed by atoms with Crippen molar-refractivity contribution in [2.45, 2.75) is 6.54 Å². The second-order valence-corrected chi connectivity index (χ2v) is 5.37. The van der Waals surface area contributed by atoms with Gasteiger partial charge in [-0.05, 0) is 29.8 Å². The van der Waals surface area contributed by atoms with E-state index in [-0.39, 0.29) is 0 Å². The highest BCUT2D eigenvalue weighted by Gasteiger charge is 2.33. The van der Waals surface area contributed by atoms with E-state index in [1.54, 1.807) is 36.3 Å². The molecule has 0 aliphatic carbocycles. The van der Waals surface area contributed by atoms with Crippen molar-refractivity contribution in [3.05, 3.63) is 60.2 Å². The van der Waals surface area contributed by atoms with Crippen LogP contribution in [0.2, 0.25) is 0 Å². The Kier molecular flexibility index (Phi) is 4.28. The van der Waals surface area contributed by atoms with Crippen molar-refractivity contribution in [2.75, 3.05) is 25.1 Å². The van der Waals surface area contributed by atoms with Crippen molar-refractivity contribution in [1.82, 2.24) is 4.90 Å². The van der Waals surface area contributed by atoms with E-state index in [1.807, 2.05) is 30.3 Å². The molecule has 1 aliphatic heterocycles. The Bertz CT molecular complexity index is 698. The number of anilines is 1. The summed E-state index contributed by atoms with van der Waals surface area (Å²) in [6.45, 7) is 1.47. The fourth-order valence-corrected chi connectivity index (χ4v) is 2.64. The van der Waals surface area contributed by atoms with Gasteiger partial charge in [0, 0.05) is 25.3 Å². The fraction of sp³-hybridized carbons (Fsp3) is 0.222. The quantitative estimate of drug-likeness (QED) is 0.812. The summed E-state index contributed by atoms with van der Waals surface area (Å²) < 4.78 is 5.11. The molecule has 2 aromatic carbocycles. The maximum atomic E-state index is 12.4. The lowest BCUT2D eigenvalue weighted by Gasteiger charge is -2.33. The van der Waals surface area contributed by atoms with Crippen LogP contribution in [0.5, 0.6) is 5.75 Å². The van der Waals surface area contributed by atoms with Crippen LogP contribution in [0.3, 0.4) is 0 Å². The van der Waals surface area contributed by atoms with Gasteiger partial charge in [0.25, 0.3) is 0 Å². The fourth-order valence-electron chi connectivity index (χ4n) is 2.64. The largest absolute Gasteiger partial charge is 0.497 e. The number of ether oxygens (including phenoxy) is 1. The Hall–Kier alpha value is -2.82. The summed E-state index contributed by atoms with van der Waals surface area (Å²) in [5, 5.41) is 0. The zero-order chi connectivity index (χ0) is 16.2. The summed E-state index contributed by atoms with van der Waals surface area (Å²) in [5.74, 6) is -0.233. The van der Waals surface area contributed by atoms with Gasteiger partial charge < -0.3 is 14.5 Å². The third kappa shape index (κ3) is 3.18. The van der Waals surface area contributed by atoms with Crippen molar-refractivity contribution < 1.29 is 14.3 Å². The average molecular weight is 310 g/mol. The van der Waals surface area contributed by atoms with Crippen molar-refractivity contribution in [1.29, 1.82) is 0 Å². The van der Waals surface area contributed by atoms with Gasteiger partial charge >= 0.3 is 11.8 Å². The van der Waals surface area contributed by atoms with Crippen LogP contribution < -0.4 is 9.64 Å². The summed E-state index contributed by atoms with van der Waals surface area (Å²) in [5.41, 5.74) is 1.73. The Balaban J connectivity index is 1.71. The molecule has 118 valence electrons. The number of methoxy groups -OCH3 is 1. The van der Waals surface area contributed by atoms with Crippen LogP contribution in [0.25, 0.3) is 0 Å². The molecule has 0 bridgehead atoms. The summed E-state index contributed by atoms with van der Waals surface area (Å²) in [4.78, 5) is 27.8. The normalized spacial score (nSPS) is 15.0. The topological polar surface area (TPSA) is 49.9 Å². The molecule has 0 unspecified atom stereocenters. The molecule has 0 aromatic heterocycles. The second-order valence-electron chi connectivity index (χ2n) is 5.37. The molecule has 0 saturated carbocycles. The summed E-state index contributed by atoms with van der Waals surface area (Å²) in [7, 11) is 1.59. The minimum atomic E-state index is -0.489. The molecule has 5 nitrogen and oxygen atoms in total. The standard InChI is InChI=1S/C18H18N2O3/c1-23-16-9-7-15(8-10-16)20-12-11-19(17(21)18(20)22)13-14-5-3-2-4-6-14/h2-10H,11-13H2,1H3. The molecule has 0 spiro atoms. The summed E-state index contributed by atoms with van der Waals surface area (Å²) >= 11 is 0. The van der Waals surface area contributed by atoms with E-state index in [4.69, 9.17) is 4.74 Å². The van der Waals surface area contributed by atoms with Crippen molar-refractivity contribution in [2.24, 2.45) is 0 Å². The van der Waals surface area contributed by atoms with E-state index < -0.39 is 11.8 Å². The average Bonchev–Trinajstić information content (AvgIpc) is 2.60. The third-order valence-electron chi connectivity index (χ3n) is 3.91. The first-order valence-corrected chi connectivity index (χ1v) is 7.48. The number of nitrogens with zero attached hydrogens (tertiary/aromatic N) is 2. The Labute approximate surface area is 135 Å². The minimum Gasteiger partial charge on any atom is -0.497 e. The van der Waals surface area contributed by atoms with Gasteiger partial charge in [-0.2, -0.15) is 0 Å². The lowest BCUT2D eigenvalue weighted by molar-refractivity contribution is -0.146. The molecule has 0 atom stereocenters.